The van der Waals surface area contributed by atoms with Crippen molar-refractivity contribution in [3.8, 4) is 5.75 Å². The van der Waals surface area contributed by atoms with Gasteiger partial charge in [0.25, 0.3) is 0 Å². The lowest BCUT2D eigenvalue weighted by Gasteiger charge is -2.34. The first-order valence-corrected chi connectivity index (χ1v) is 9.76. The highest BCUT2D eigenvalue weighted by atomic mass is 32.1. The summed E-state index contributed by atoms with van der Waals surface area (Å²) in [6, 6.07) is 12.6. The van der Waals surface area contributed by atoms with Gasteiger partial charge in [0, 0.05) is 18.8 Å². The van der Waals surface area contributed by atoms with Crippen LogP contribution in [0.4, 0.5) is 10.1 Å². The normalized spacial score (nSPS) is 18.9. The number of hydrogen-bond donors (Lipinski definition) is 1. The second-order valence-electron chi connectivity index (χ2n) is 6.97. The zero-order valence-electron chi connectivity index (χ0n) is 15.1. The molecular weight excluding hydrogens is 363 g/mol. The second-order valence-corrected chi connectivity index (χ2v) is 7.36. The first-order valence-electron chi connectivity index (χ1n) is 9.35. The third-order valence-corrected chi connectivity index (χ3v) is 5.39. The number of fused-ring (bicyclic) bond motifs is 1. The van der Waals surface area contributed by atoms with E-state index in [4.69, 9.17) is 21.7 Å². The van der Waals surface area contributed by atoms with Crippen LogP contribution in [0.5, 0.6) is 5.75 Å². The summed E-state index contributed by atoms with van der Waals surface area (Å²) in [5.41, 5.74) is 3.63. The maximum Gasteiger partial charge on any atom is 0.173 e. The van der Waals surface area contributed by atoms with Gasteiger partial charge in [0.1, 0.15) is 24.3 Å². The minimum Gasteiger partial charge on any atom is -0.491 e. The predicted molar refractivity (Wildman–Crippen MR) is 108 cm³/mol. The molecule has 142 valence electrons. The fraction of sp³-hybridized carbons (Fsp3) is 0.381. The van der Waals surface area contributed by atoms with E-state index in [1.165, 1.54) is 36.1 Å². The van der Waals surface area contributed by atoms with Crippen LogP contribution >= 0.6 is 12.2 Å². The van der Waals surface area contributed by atoms with Gasteiger partial charge < -0.3 is 19.7 Å². The SMILES string of the molecule is Fc1ccc(NC(=S)N2CCOC(COc3ccc4c(c3)CCC4)C2)cc1. The van der Waals surface area contributed by atoms with Gasteiger partial charge >= 0.3 is 0 Å². The van der Waals surface area contributed by atoms with E-state index in [9.17, 15) is 4.39 Å². The van der Waals surface area contributed by atoms with Crippen LogP contribution in [-0.4, -0.2) is 42.4 Å². The Hall–Kier alpha value is -2.18. The molecule has 1 unspecified atom stereocenters. The molecule has 1 saturated heterocycles. The second kappa shape index (κ2) is 8.23. The zero-order valence-corrected chi connectivity index (χ0v) is 15.9. The number of nitrogens with one attached hydrogen (secondary N) is 1. The molecule has 2 aliphatic rings. The largest absolute Gasteiger partial charge is 0.491 e. The molecule has 1 heterocycles. The predicted octanol–water partition coefficient (Wildman–Crippen LogP) is 3.79. The van der Waals surface area contributed by atoms with Crippen LogP contribution in [0.3, 0.4) is 0 Å². The van der Waals surface area contributed by atoms with Crippen molar-refractivity contribution in [2.24, 2.45) is 0 Å². The molecule has 1 aliphatic carbocycles. The van der Waals surface area contributed by atoms with Gasteiger partial charge in [-0.2, -0.15) is 0 Å². The van der Waals surface area contributed by atoms with Crippen LogP contribution in [0.1, 0.15) is 17.5 Å². The number of thiocarbonyl (C=S) groups is 1. The molecule has 4 nitrogen and oxygen atoms in total. The Labute approximate surface area is 164 Å². The number of anilines is 1. The van der Waals surface area contributed by atoms with Crippen LogP contribution in [-0.2, 0) is 17.6 Å². The number of aryl methyl sites for hydroxylation is 2. The van der Waals surface area contributed by atoms with Crippen LogP contribution in [0.2, 0.25) is 0 Å². The fourth-order valence-electron chi connectivity index (χ4n) is 3.57. The van der Waals surface area contributed by atoms with Crippen molar-refractivity contribution in [2.75, 3.05) is 31.6 Å². The third-order valence-electron chi connectivity index (χ3n) is 5.03. The lowest BCUT2D eigenvalue weighted by atomic mass is 10.1. The van der Waals surface area contributed by atoms with Crippen molar-refractivity contribution < 1.29 is 13.9 Å². The van der Waals surface area contributed by atoms with E-state index < -0.39 is 0 Å². The first kappa shape index (κ1) is 18.2. The Kier molecular flexibility index (Phi) is 5.55. The summed E-state index contributed by atoms with van der Waals surface area (Å²) in [5.74, 6) is 0.644. The van der Waals surface area contributed by atoms with Crippen molar-refractivity contribution >= 4 is 23.0 Å². The Morgan fingerprint density at radius 2 is 2.00 bits per heavy atom. The van der Waals surface area contributed by atoms with Gasteiger partial charge in [0.15, 0.2) is 5.11 Å². The minimum absolute atomic E-state index is 0.0417. The Bertz CT molecular complexity index is 812. The van der Waals surface area contributed by atoms with Crippen LogP contribution in [0.25, 0.3) is 0 Å². The van der Waals surface area contributed by atoms with Gasteiger partial charge in [-0.3, -0.25) is 0 Å². The molecule has 2 aromatic carbocycles. The number of ether oxygens (including phenoxy) is 2. The quantitative estimate of drug-likeness (QED) is 0.809. The van der Waals surface area contributed by atoms with E-state index in [1.807, 2.05) is 6.07 Å². The molecule has 1 N–H and O–H groups in total. The Morgan fingerprint density at radius 3 is 2.85 bits per heavy atom. The summed E-state index contributed by atoms with van der Waals surface area (Å²) in [7, 11) is 0. The summed E-state index contributed by atoms with van der Waals surface area (Å²) in [6.45, 7) is 2.48. The van der Waals surface area contributed by atoms with Crippen molar-refractivity contribution in [3.05, 3.63) is 59.4 Å². The molecule has 2 aromatic rings. The summed E-state index contributed by atoms with van der Waals surface area (Å²) < 4.78 is 24.8. The summed E-state index contributed by atoms with van der Waals surface area (Å²) in [5, 5.41) is 3.77. The Morgan fingerprint density at radius 1 is 1.19 bits per heavy atom. The summed E-state index contributed by atoms with van der Waals surface area (Å²) in [6.07, 6.45) is 3.51. The molecule has 6 heteroatoms. The molecule has 0 aromatic heterocycles. The number of morpholine rings is 1. The average molecular weight is 386 g/mol. The molecule has 0 bridgehead atoms. The molecule has 1 fully saturated rings. The summed E-state index contributed by atoms with van der Waals surface area (Å²) >= 11 is 5.50. The topological polar surface area (TPSA) is 33.7 Å². The monoisotopic (exact) mass is 386 g/mol. The van der Waals surface area contributed by atoms with Crippen LogP contribution in [0.15, 0.2) is 42.5 Å². The minimum atomic E-state index is -0.262. The smallest absolute Gasteiger partial charge is 0.173 e. The van der Waals surface area contributed by atoms with Crippen molar-refractivity contribution in [1.82, 2.24) is 4.90 Å². The van der Waals surface area contributed by atoms with E-state index in [2.05, 4.69) is 22.3 Å². The first-order chi connectivity index (χ1) is 13.2. The fourth-order valence-corrected chi connectivity index (χ4v) is 3.85. The summed E-state index contributed by atoms with van der Waals surface area (Å²) in [4.78, 5) is 2.07. The van der Waals surface area contributed by atoms with Gasteiger partial charge in [-0.05, 0) is 79.0 Å². The van der Waals surface area contributed by atoms with E-state index in [1.54, 1.807) is 12.1 Å². The van der Waals surface area contributed by atoms with Gasteiger partial charge in [-0.1, -0.05) is 6.07 Å². The molecule has 1 aliphatic heterocycles. The molecular formula is C21H23FN2O2S. The highest BCUT2D eigenvalue weighted by molar-refractivity contribution is 7.80. The highest BCUT2D eigenvalue weighted by Crippen LogP contribution is 2.26. The van der Waals surface area contributed by atoms with E-state index in [-0.39, 0.29) is 11.9 Å². The molecule has 0 amide bonds. The lowest BCUT2D eigenvalue weighted by Crippen LogP contribution is -2.49. The van der Waals surface area contributed by atoms with Crippen LogP contribution < -0.4 is 10.1 Å². The van der Waals surface area contributed by atoms with Gasteiger partial charge in [-0.15, -0.1) is 0 Å². The number of halogens is 1. The standard InChI is InChI=1S/C21H23FN2O2S/c22-17-5-7-18(8-6-17)23-21(27)24-10-11-25-20(13-24)14-26-19-9-4-15-2-1-3-16(15)12-19/h4-9,12,20H,1-3,10-11,13-14H2,(H,23,27). The van der Waals surface area contributed by atoms with E-state index >= 15 is 0 Å². The molecule has 27 heavy (non-hydrogen) atoms. The van der Waals surface area contributed by atoms with Gasteiger partial charge in [-0.25, -0.2) is 4.39 Å². The van der Waals surface area contributed by atoms with Crippen molar-refractivity contribution in [1.29, 1.82) is 0 Å². The maximum atomic E-state index is 13.0. The number of rotatable bonds is 4. The van der Waals surface area contributed by atoms with E-state index in [0.717, 1.165) is 24.4 Å². The number of hydrogen-bond acceptors (Lipinski definition) is 3. The van der Waals surface area contributed by atoms with E-state index in [0.29, 0.717) is 24.9 Å². The maximum absolute atomic E-state index is 13.0. The lowest BCUT2D eigenvalue weighted by molar-refractivity contribution is -0.0280. The molecule has 1 atom stereocenters. The Balaban J connectivity index is 1.30. The molecule has 0 radical (unpaired) electrons. The number of nitrogens with zero attached hydrogens (tertiary/aromatic N) is 1. The third kappa shape index (κ3) is 4.57. The van der Waals surface area contributed by atoms with Crippen molar-refractivity contribution in [3.63, 3.8) is 0 Å². The zero-order chi connectivity index (χ0) is 18.6. The molecule has 0 spiro atoms. The average Bonchev–Trinajstić information content (AvgIpc) is 3.16. The van der Waals surface area contributed by atoms with Crippen LogP contribution in [0, 0.1) is 5.82 Å². The van der Waals surface area contributed by atoms with Gasteiger partial charge in [0.2, 0.25) is 0 Å². The highest BCUT2D eigenvalue weighted by Gasteiger charge is 2.23. The molecule has 4 rings (SSSR count). The number of benzene rings is 2. The molecule has 0 saturated carbocycles. The van der Waals surface area contributed by atoms with Gasteiger partial charge in [0.05, 0.1) is 6.61 Å². The van der Waals surface area contributed by atoms with Crippen molar-refractivity contribution in [2.45, 2.75) is 25.4 Å².